The number of fused-ring (bicyclic) bond motifs is 5. The molecule has 0 fully saturated rings. The standard InChI is InChI=1S/C24H17N3S/c1-2-6-20-18(5-1)24-19-11-13-28-22(19)9-8-21(24)27(20)23-10-7-17(15-26-23)16-4-3-12-25-14-16/h1-14,17H,15H2. The number of benzene rings is 2. The maximum absolute atomic E-state index is 4.97. The van der Waals surface area contributed by atoms with E-state index in [4.69, 9.17) is 4.99 Å². The second-order valence-corrected chi connectivity index (χ2v) is 8.04. The van der Waals surface area contributed by atoms with Gasteiger partial charge >= 0.3 is 0 Å². The van der Waals surface area contributed by atoms with E-state index >= 15 is 0 Å². The minimum atomic E-state index is 0.286. The first kappa shape index (κ1) is 15.8. The summed E-state index contributed by atoms with van der Waals surface area (Å²) in [6, 6.07) is 19.4. The highest BCUT2D eigenvalue weighted by molar-refractivity contribution is 7.17. The number of para-hydroxylation sites is 1. The van der Waals surface area contributed by atoms with Crippen LogP contribution in [0.25, 0.3) is 31.9 Å². The third kappa shape index (κ3) is 2.28. The molecule has 0 radical (unpaired) electrons. The normalized spacial score (nSPS) is 16.9. The van der Waals surface area contributed by atoms with Crippen molar-refractivity contribution in [3.8, 4) is 0 Å². The first-order chi connectivity index (χ1) is 13.9. The molecule has 6 rings (SSSR count). The Bertz CT molecular complexity index is 1390. The fourth-order valence-corrected chi connectivity index (χ4v) is 5.02. The van der Waals surface area contributed by atoms with Crippen molar-refractivity contribution in [2.24, 2.45) is 4.99 Å². The van der Waals surface area contributed by atoms with Crippen LogP contribution in [0.1, 0.15) is 11.5 Å². The van der Waals surface area contributed by atoms with Gasteiger partial charge in [0.1, 0.15) is 5.84 Å². The number of aliphatic imine (C=N–C) groups is 1. The molecule has 1 atom stereocenters. The molecule has 0 aliphatic carbocycles. The van der Waals surface area contributed by atoms with Gasteiger partial charge in [-0.05, 0) is 47.4 Å². The third-order valence-electron chi connectivity index (χ3n) is 5.54. The highest BCUT2D eigenvalue weighted by Crippen LogP contribution is 2.37. The van der Waals surface area contributed by atoms with Gasteiger partial charge in [0.2, 0.25) is 0 Å². The smallest absolute Gasteiger partial charge is 0.132 e. The summed E-state index contributed by atoms with van der Waals surface area (Å²) in [5, 5.41) is 6.10. The number of thiophene rings is 1. The Morgan fingerprint density at radius 1 is 0.929 bits per heavy atom. The molecule has 0 N–H and O–H groups in total. The van der Waals surface area contributed by atoms with Gasteiger partial charge in [-0.1, -0.05) is 30.3 Å². The van der Waals surface area contributed by atoms with Gasteiger partial charge in [0, 0.05) is 39.2 Å². The minimum Gasteiger partial charge on any atom is -0.294 e. The van der Waals surface area contributed by atoms with Gasteiger partial charge in [0.25, 0.3) is 0 Å². The molecule has 0 bridgehead atoms. The van der Waals surface area contributed by atoms with E-state index in [1.54, 1.807) is 11.3 Å². The van der Waals surface area contributed by atoms with Crippen LogP contribution < -0.4 is 0 Å². The summed E-state index contributed by atoms with van der Waals surface area (Å²) >= 11 is 1.79. The van der Waals surface area contributed by atoms with Crippen LogP contribution in [0.4, 0.5) is 0 Å². The lowest BCUT2D eigenvalue weighted by Crippen LogP contribution is -2.15. The van der Waals surface area contributed by atoms with Crippen molar-refractivity contribution < 1.29 is 0 Å². The van der Waals surface area contributed by atoms with E-state index in [-0.39, 0.29) is 5.92 Å². The van der Waals surface area contributed by atoms with Gasteiger partial charge < -0.3 is 0 Å². The molecule has 28 heavy (non-hydrogen) atoms. The maximum Gasteiger partial charge on any atom is 0.132 e. The van der Waals surface area contributed by atoms with Crippen molar-refractivity contribution in [2.75, 3.05) is 6.54 Å². The topological polar surface area (TPSA) is 30.2 Å². The molecule has 134 valence electrons. The van der Waals surface area contributed by atoms with Crippen LogP contribution in [-0.2, 0) is 0 Å². The first-order valence-electron chi connectivity index (χ1n) is 9.42. The largest absolute Gasteiger partial charge is 0.294 e. The van der Waals surface area contributed by atoms with E-state index in [0.717, 1.165) is 12.4 Å². The molecule has 3 aromatic heterocycles. The Labute approximate surface area is 166 Å². The van der Waals surface area contributed by atoms with E-state index in [1.165, 1.54) is 37.5 Å². The zero-order valence-electron chi connectivity index (χ0n) is 15.1. The lowest BCUT2D eigenvalue weighted by Gasteiger charge is -2.17. The average Bonchev–Trinajstić information content (AvgIpc) is 3.36. The first-order valence-corrected chi connectivity index (χ1v) is 10.3. The molecule has 3 nitrogen and oxygen atoms in total. The number of hydrogen-bond acceptors (Lipinski definition) is 3. The van der Waals surface area contributed by atoms with Crippen molar-refractivity contribution in [2.45, 2.75) is 5.92 Å². The quantitative estimate of drug-likeness (QED) is 0.351. The second kappa shape index (κ2) is 6.14. The number of aromatic nitrogens is 2. The molecule has 2 aromatic carbocycles. The van der Waals surface area contributed by atoms with Gasteiger partial charge in [-0.2, -0.15) is 0 Å². The summed E-state index contributed by atoms with van der Waals surface area (Å²) in [6.45, 7) is 0.742. The predicted molar refractivity (Wildman–Crippen MR) is 119 cm³/mol. The number of dihydropyridines is 1. The molecule has 4 heterocycles. The molecular weight excluding hydrogens is 362 g/mol. The number of pyridine rings is 1. The van der Waals surface area contributed by atoms with Gasteiger partial charge in [0.05, 0.1) is 17.6 Å². The Morgan fingerprint density at radius 3 is 2.75 bits per heavy atom. The van der Waals surface area contributed by atoms with Gasteiger partial charge in [0.15, 0.2) is 0 Å². The zero-order chi connectivity index (χ0) is 18.5. The van der Waals surface area contributed by atoms with Crippen LogP contribution in [-0.4, -0.2) is 21.9 Å². The van der Waals surface area contributed by atoms with Crippen LogP contribution in [0.5, 0.6) is 0 Å². The number of nitrogens with zero attached hydrogens (tertiary/aromatic N) is 3. The molecule has 1 aliphatic heterocycles. The monoisotopic (exact) mass is 379 g/mol. The summed E-state index contributed by atoms with van der Waals surface area (Å²) in [6.07, 6.45) is 8.16. The van der Waals surface area contributed by atoms with Crippen LogP contribution in [0.15, 0.2) is 89.5 Å². The third-order valence-corrected chi connectivity index (χ3v) is 6.42. The van der Waals surface area contributed by atoms with Gasteiger partial charge in [-0.3, -0.25) is 14.5 Å². The van der Waals surface area contributed by atoms with Gasteiger partial charge in [-0.15, -0.1) is 11.3 Å². The van der Waals surface area contributed by atoms with Crippen molar-refractivity contribution in [1.29, 1.82) is 0 Å². The van der Waals surface area contributed by atoms with Crippen LogP contribution >= 0.6 is 11.3 Å². The molecule has 0 amide bonds. The van der Waals surface area contributed by atoms with Crippen LogP contribution in [0.2, 0.25) is 0 Å². The lowest BCUT2D eigenvalue weighted by molar-refractivity contribution is 0.828. The molecule has 0 saturated heterocycles. The van der Waals surface area contributed by atoms with Crippen molar-refractivity contribution in [1.82, 2.24) is 9.55 Å². The molecule has 0 spiro atoms. The average molecular weight is 379 g/mol. The van der Waals surface area contributed by atoms with E-state index in [0.29, 0.717) is 0 Å². The van der Waals surface area contributed by atoms with E-state index < -0.39 is 0 Å². The SMILES string of the molecule is C1=CC(c2cccnc2)CN=C1n1c2ccccc2c2c3ccsc3ccc21. The molecule has 5 aromatic rings. The maximum atomic E-state index is 4.97. The molecule has 1 aliphatic rings. The minimum absolute atomic E-state index is 0.286. The lowest BCUT2D eigenvalue weighted by atomic mass is 9.99. The van der Waals surface area contributed by atoms with E-state index in [1.807, 2.05) is 18.5 Å². The summed E-state index contributed by atoms with van der Waals surface area (Å²) in [5.41, 5.74) is 3.64. The summed E-state index contributed by atoms with van der Waals surface area (Å²) in [7, 11) is 0. The van der Waals surface area contributed by atoms with Crippen LogP contribution in [0, 0.1) is 0 Å². The van der Waals surface area contributed by atoms with E-state index in [2.05, 4.69) is 75.6 Å². The molecule has 4 heteroatoms. The summed E-state index contributed by atoms with van der Waals surface area (Å²) < 4.78 is 3.63. The predicted octanol–water partition coefficient (Wildman–Crippen LogP) is 6.00. The van der Waals surface area contributed by atoms with Crippen molar-refractivity contribution in [3.63, 3.8) is 0 Å². The number of allylic oxidation sites excluding steroid dienone is 1. The fourth-order valence-electron chi connectivity index (χ4n) is 4.22. The van der Waals surface area contributed by atoms with Crippen molar-refractivity contribution >= 4 is 49.1 Å². The van der Waals surface area contributed by atoms with Gasteiger partial charge in [-0.25, -0.2) is 0 Å². The highest BCUT2D eigenvalue weighted by atomic mass is 32.1. The second-order valence-electron chi connectivity index (χ2n) is 7.10. The van der Waals surface area contributed by atoms with Crippen molar-refractivity contribution in [3.05, 3.63) is 90.1 Å². The fraction of sp³-hybridized carbons (Fsp3) is 0.0833. The number of hydrogen-bond donors (Lipinski definition) is 0. The zero-order valence-corrected chi connectivity index (χ0v) is 15.9. The van der Waals surface area contributed by atoms with Crippen LogP contribution in [0.3, 0.4) is 0 Å². The summed E-state index contributed by atoms with van der Waals surface area (Å²) in [5.74, 6) is 1.29. The molecular formula is C24H17N3S. The Kier molecular flexibility index (Phi) is 3.46. The Balaban J connectivity index is 1.55. The Morgan fingerprint density at radius 2 is 1.89 bits per heavy atom. The number of rotatable bonds is 1. The summed E-state index contributed by atoms with van der Waals surface area (Å²) in [4.78, 5) is 9.21. The molecule has 0 saturated carbocycles. The Hall–Kier alpha value is -3.24. The molecule has 1 unspecified atom stereocenters. The highest BCUT2D eigenvalue weighted by Gasteiger charge is 2.19. The van der Waals surface area contributed by atoms with E-state index in [9.17, 15) is 0 Å².